The molecule has 0 amide bonds. The summed E-state index contributed by atoms with van der Waals surface area (Å²) in [5.41, 5.74) is 2.99. The van der Waals surface area contributed by atoms with Crippen LogP contribution in [0.3, 0.4) is 0 Å². The third-order valence-electron chi connectivity index (χ3n) is 3.74. The largest absolute Gasteiger partial charge is 0.299 e. The van der Waals surface area contributed by atoms with Crippen LogP contribution < -0.4 is 0 Å². The summed E-state index contributed by atoms with van der Waals surface area (Å²) in [7, 11) is 0. The van der Waals surface area contributed by atoms with Crippen molar-refractivity contribution in [2.24, 2.45) is 0 Å². The fourth-order valence-corrected chi connectivity index (χ4v) is 2.43. The van der Waals surface area contributed by atoms with Crippen LogP contribution in [-0.4, -0.2) is 18.0 Å². The van der Waals surface area contributed by atoms with E-state index in [0.29, 0.717) is 5.92 Å². The maximum absolute atomic E-state index is 2.57. The third kappa shape index (κ3) is 2.85. The lowest BCUT2D eigenvalue weighted by Gasteiger charge is -2.16. The van der Waals surface area contributed by atoms with Crippen molar-refractivity contribution in [3.8, 4) is 0 Å². The van der Waals surface area contributed by atoms with Crippen LogP contribution in [0.1, 0.15) is 50.2 Å². The van der Waals surface area contributed by atoms with Crippen LogP contribution in [-0.2, 0) is 6.54 Å². The number of nitrogens with zero attached hydrogens (tertiary/aromatic N) is 1. The van der Waals surface area contributed by atoms with Crippen molar-refractivity contribution < 1.29 is 0 Å². The molecule has 0 aromatic heterocycles. The Kier molecular flexibility index (Phi) is 4.00. The van der Waals surface area contributed by atoms with Gasteiger partial charge in [-0.1, -0.05) is 38.1 Å². The number of benzene rings is 1. The van der Waals surface area contributed by atoms with E-state index in [0.717, 1.165) is 6.54 Å². The molecule has 1 atom stereocenters. The van der Waals surface area contributed by atoms with Crippen molar-refractivity contribution in [1.82, 2.24) is 4.90 Å². The predicted octanol–water partition coefficient (Wildman–Crippen LogP) is 3.80. The highest BCUT2D eigenvalue weighted by Gasteiger charge is 2.12. The monoisotopic (exact) mass is 217 g/mol. The molecule has 88 valence electrons. The zero-order valence-corrected chi connectivity index (χ0v) is 10.6. The molecule has 1 nitrogen and oxygen atoms in total. The van der Waals surface area contributed by atoms with E-state index < -0.39 is 0 Å². The number of hydrogen-bond donors (Lipinski definition) is 0. The molecule has 1 unspecified atom stereocenters. The van der Waals surface area contributed by atoms with Crippen LogP contribution in [0.2, 0.25) is 0 Å². The lowest BCUT2D eigenvalue weighted by Crippen LogP contribution is -2.18. The molecule has 0 spiro atoms. The van der Waals surface area contributed by atoms with Crippen LogP contribution in [0.4, 0.5) is 0 Å². The van der Waals surface area contributed by atoms with Crippen molar-refractivity contribution in [3.05, 3.63) is 35.4 Å². The number of likely N-dealkylation sites (tertiary alicyclic amines) is 1. The average Bonchev–Trinajstić information content (AvgIpc) is 2.81. The van der Waals surface area contributed by atoms with Gasteiger partial charge in [0.15, 0.2) is 0 Å². The van der Waals surface area contributed by atoms with E-state index in [1.807, 2.05) is 0 Å². The lowest BCUT2D eigenvalue weighted by molar-refractivity contribution is 0.331. The molecule has 1 aliphatic heterocycles. The fourth-order valence-electron chi connectivity index (χ4n) is 2.43. The van der Waals surface area contributed by atoms with Crippen molar-refractivity contribution >= 4 is 0 Å². The zero-order valence-electron chi connectivity index (χ0n) is 10.6. The minimum Gasteiger partial charge on any atom is -0.299 e. The summed E-state index contributed by atoms with van der Waals surface area (Å²) in [6.45, 7) is 8.29. The molecule has 0 bridgehead atoms. The summed E-state index contributed by atoms with van der Waals surface area (Å²) < 4.78 is 0. The second kappa shape index (κ2) is 5.49. The summed E-state index contributed by atoms with van der Waals surface area (Å²) in [6, 6.07) is 9.14. The first-order valence-electron chi connectivity index (χ1n) is 6.60. The fraction of sp³-hybridized carbons (Fsp3) is 0.600. The Balaban J connectivity index is 2.03. The van der Waals surface area contributed by atoms with E-state index in [2.05, 4.69) is 43.0 Å². The summed E-state index contributed by atoms with van der Waals surface area (Å²) in [5.74, 6) is 0.693. The number of rotatable bonds is 4. The molecule has 0 N–H and O–H groups in total. The summed E-state index contributed by atoms with van der Waals surface area (Å²) in [6.07, 6.45) is 3.99. The maximum Gasteiger partial charge on any atom is 0.0233 e. The van der Waals surface area contributed by atoms with Crippen LogP contribution in [0, 0.1) is 0 Å². The smallest absolute Gasteiger partial charge is 0.0233 e. The van der Waals surface area contributed by atoms with Crippen molar-refractivity contribution in [2.45, 2.75) is 45.6 Å². The van der Waals surface area contributed by atoms with E-state index in [4.69, 9.17) is 0 Å². The molecule has 1 aromatic rings. The third-order valence-corrected chi connectivity index (χ3v) is 3.74. The minimum atomic E-state index is 0.693. The minimum absolute atomic E-state index is 0.693. The molecule has 1 aromatic carbocycles. The van der Waals surface area contributed by atoms with Crippen molar-refractivity contribution in [3.63, 3.8) is 0 Å². The Labute approximate surface area is 99.5 Å². The Hall–Kier alpha value is -0.820. The second-order valence-electron chi connectivity index (χ2n) is 5.04. The van der Waals surface area contributed by atoms with E-state index in [-0.39, 0.29) is 0 Å². The van der Waals surface area contributed by atoms with Crippen molar-refractivity contribution in [2.75, 3.05) is 13.1 Å². The van der Waals surface area contributed by atoms with E-state index >= 15 is 0 Å². The van der Waals surface area contributed by atoms with Crippen LogP contribution in [0.25, 0.3) is 0 Å². The molecule has 0 radical (unpaired) electrons. The first-order valence-corrected chi connectivity index (χ1v) is 6.60. The quantitative estimate of drug-likeness (QED) is 0.741. The van der Waals surface area contributed by atoms with E-state index in [1.54, 1.807) is 0 Å². The highest BCUT2D eigenvalue weighted by atomic mass is 15.1. The molecule has 0 saturated carbocycles. The molecule has 1 fully saturated rings. The first-order chi connectivity index (χ1) is 7.79. The Morgan fingerprint density at radius 2 is 2.00 bits per heavy atom. The summed E-state index contributed by atoms with van der Waals surface area (Å²) in [5, 5.41) is 0. The molecular weight excluding hydrogens is 194 g/mol. The number of hydrogen-bond acceptors (Lipinski definition) is 1. The molecule has 1 heterocycles. The standard InChI is InChI=1S/C15H23N/c1-3-13(2)15-8-6-7-14(11-15)12-16-9-4-5-10-16/h6-8,11,13H,3-5,9-10,12H2,1-2H3. The van der Waals surface area contributed by atoms with Gasteiger partial charge in [0, 0.05) is 6.54 Å². The van der Waals surface area contributed by atoms with Gasteiger partial charge in [0.1, 0.15) is 0 Å². The van der Waals surface area contributed by atoms with Crippen LogP contribution in [0.15, 0.2) is 24.3 Å². The van der Waals surface area contributed by atoms with Gasteiger partial charge in [0.05, 0.1) is 0 Å². The van der Waals surface area contributed by atoms with Gasteiger partial charge in [0.2, 0.25) is 0 Å². The van der Waals surface area contributed by atoms with Gasteiger partial charge in [-0.3, -0.25) is 4.90 Å². The topological polar surface area (TPSA) is 3.24 Å². The molecule has 2 rings (SSSR count). The Morgan fingerprint density at radius 3 is 2.69 bits per heavy atom. The van der Waals surface area contributed by atoms with Gasteiger partial charge < -0.3 is 0 Å². The maximum atomic E-state index is 2.57. The van der Waals surface area contributed by atoms with Gasteiger partial charge in [-0.25, -0.2) is 0 Å². The van der Waals surface area contributed by atoms with Gasteiger partial charge in [0.25, 0.3) is 0 Å². The Bertz CT molecular complexity index is 326. The predicted molar refractivity (Wildman–Crippen MR) is 69.7 cm³/mol. The average molecular weight is 217 g/mol. The van der Waals surface area contributed by atoms with Gasteiger partial charge in [-0.05, 0) is 49.4 Å². The Morgan fingerprint density at radius 1 is 1.25 bits per heavy atom. The highest BCUT2D eigenvalue weighted by Crippen LogP contribution is 2.21. The van der Waals surface area contributed by atoms with E-state index in [9.17, 15) is 0 Å². The molecule has 0 aliphatic carbocycles. The molecule has 1 saturated heterocycles. The van der Waals surface area contributed by atoms with Crippen LogP contribution >= 0.6 is 0 Å². The molecule has 1 heteroatoms. The normalized spacial score (nSPS) is 18.9. The molecule has 1 aliphatic rings. The van der Waals surface area contributed by atoms with Gasteiger partial charge in [-0.2, -0.15) is 0 Å². The van der Waals surface area contributed by atoms with Gasteiger partial charge >= 0.3 is 0 Å². The SMILES string of the molecule is CCC(C)c1cccc(CN2CCCC2)c1. The van der Waals surface area contributed by atoms with Gasteiger partial charge in [-0.15, -0.1) is 0 Å². The summed E-state index contributed by atoms with van der Waals surface area (Å²) in [4.78, 5) is 2.57. The van der Waals surface area contributed by atoms with Crippen molar-refractivity contribution in [1.29, 1.82) is 0 Å². The molecule has 16 heavy (non-hydrogen) atoms. The summed E-state index contributed by atoms with van der Waals surface area (Å²) >= 11 is 0. The van der Waals surface area contributed by atoms with E-state index in [1.165, 1.54) is 43.5 Å². The second-order valence-corrected chi connectivity index (χ2v) is 5.04. The first kappa shape index (κ1) is 11.7. The molecular formula is C15H23N. The van der Waals surface area contributed by atoms with Crippen LogP contribution in [0.5, 0.6) is 0 Å². The zero-order chi connectivity index (χ0) is 11.4. The lowest BCUT2D eigenvalue weighted by atomic mass is 9.97. The highest BCUT2D eigenvalue weighted by molar-refractivity contribution is 5.26.